The molecule has 3 rings (SSSR count). The number of rotatable bonds is 5. The molecule has 2 aromatic carbocycles. The van der Waals surface area contributed by atoms with Crippen LogP contribution in [0, 0.1) is 0 Å². The van der Waals surface area contributed by atoms with Crippen LogP contribution in [0.4, 0.5) is 13.2 Å². The average molecular weight is 334 g/mol. The summed E-state index contributed by atoms with van der Waals surface area (Å²) >= 11 is 0. The van der Waals surface area contributed by atoms with Gasteiger partial charge in [0.25, 0.3) is 0 Å². The highest BCUT2D eigenvalue weighted by Crippen LogP contribution is 2.33. The summed E-state index contributed by atoms with van der Waals surface area (Å²) < 4.78 is 40.3. The highest BCUT2D eigenvalue weighted by atomic mass is 19.4. The van der Waals surface area contributed by atoms with Crippen molar-refractivity contribution in [2.24, 2.45) is 0 Å². The molecule has 5 heteroatoms. The van der Waals surface area contributed by atoms with Crippen LogP contribution in [0.1, 0.15) is 23.6 Å². The van der Waals surface area contributed by atoms with Crippen LogP contribution in [-0.2, 0) is 6.54 Å². The Morgan fingerprint density at radius 2 is 1.62 bits per heavy atom. The van der Waals surface area contributed by atoms with Gasteiger partial charge in [-0.2, -0.15) is 13.2 Å². The lowest BCUT2D eigenvalue weighted by Crippen LogP contribution is -2.42. The number of hydrogen-bond acceptors (Lipinski definition) is 2. The molecule has 0 saturated carbocycles. The summed E-state index contributed by atoms with van der Waals surface area (Å²) in [6.07, 6.45) is -3.57. The Labute approximate surface area is 140 Å². The summed E-state index contributed by atoms with van der Waals surface area (Å²) in [7, 11) is 0. The predicted octanol–water partition coefficient (Wildman–Crippen LogP) is 4.15. The molecule has 0 bridgehead atoms. The monoisotopic (exact) mass is 334 g/mol. The third-order valence-electron chi connectivity index (χ3n) is 4.38. The first-order chi connectivity index (χ1) is 11.5. The van der Waals surface area contributed by atoms with Gasteiger partial charge in [0.15, 0.2) is 0 Å². The van der Waals surface area contributed by atoms with Crippen LogP contribution in [-0.4, -0.2) is 30.2 Å². The van der Waals surface area contributed by atoms with E-state index >= 15 is 0 Å². The predicted molar refractivity (Wildman–Crippen MR) is 88.5 cm³/mol. The molecule has 1 heterocycles. The third-order valence-corrected chi connectivity index (χ3v) is 4.38. The van der Waals surface area contributed by atoms with Gasteiger partial charge in [0.1, 0.15) is 6.04 Å². The molecule has 0 radical (unpaired) electrons. The fourth-order valence-electron chi connectivity index (χ4n) is 3.21. The number of hydrogen-bond donors (Lipinski definition) is 1. The lowest BCUT2D eigenvalue weighted by molar-refractivity contribution is -0.159. The molecule has 2 aromatic rings. The number of benzene rings is 2. The van der Waals surface area contributed by atoms with Crippen molar-refractivity contribution in [3.8, 4) is 0 Å². The first-order valence-corrected chi connectivity index (χ1v) is 8.16. The molecule has 1 saturated heterocycles. The second-order valence-electron chi connectivity index (χ2n) is 6.26. The molecular weight excluding hydrogens is 313 g/mol. The van der Waals surface area contributed by atoms with Gasteiger partial charge < -0.3 is 0 Å². The first-order valence-electron chi connectivity index (χ1n) is 8.16. The Kier molecular flexibility index (Phi) is 5.21. The average Bonchev–Trinajstić information content (AvgIpc) is 3.00. The van der Waals surface area contributed by atoms with Gasteiger partial charge in [-0.05, 0) is 17.5 Å². The zero-order valence-corrected chi connectivity index (χ0v) is 13.3. The molecule has 24 heavy (non-hydrogen) atoms. The van der Waals surface area contributed by atoms with E-state index in [1.807, 2.05) is 30.3 Å². The highest BCUT2D eigenvalue weighted by molar-refractivity contribution is 5.21. The zero-order valence-electron chi connectivity index (χ0n) is 13.3. The number of nitrogens with one attached hydrogen (secondary N) is 1. The number of alkyl halides is 3. The van der Waals surface area contributed by atoms with Crippen molar-refractivity contribution in [2.75, 3.05) is 13.1 Å². The molecule has 0 spiro atoms. The van der Waals surface area contributed by atoms with Crippen LogP contribution >= 0.6 is 0 Å². The Balaban J connectivity index is 1.62. The largest absolute Gasteiger partial charge is 0.407 e. The molecule has 0 aromatic heterocycles. The minimum atomic E-state index is -4.30. The Hall–Kier alpha value is -1.85. The van der Waals surface area contributed by atoms with Crippen LogP contribution in [0.5, 0.6) is 0 Å². The van der Waals surface area contributed by atoms with E-state index in [4.69, 9.17) is 0 Å². The maximum atomic E-state index is 13.4. The minimum absolute atomic E-state index is 0.152. The van der Waals surface area contributed by atoms with Crippen molar-refractivity contribution in [2.45, 2.75) is 31.2 Å². The quantitative estimate of drug-likeness (QED) is 0.883. The van der Waals surface area contributed by atoms with Crippen molar-refractivity contribution < 1.29 is 13.2 Å². The summed E-state index contributed by atoms with van der Waals surface area (Å²) in [5, 5.41) is 2.82. The van der Waals surface area contributed by atoms with E-state index in [9.17, 15) is 13.2 Å². The van der Waals surface area contributed by atoms with Crippen molar-refractivity contribution >= 4 is 0 Å². The normalized spacial score (nSPS) is 20.2. The molecule has 2 nitrogen and oxygen atoms in total. The summed E-state index contributed by atoms with van der Waals surface area (Å²) in [6, 6.07) is 16.3. The molecule has 128 valence electrons. The Morgan fingerprint density at radius 1 is 1.00 bits per heavy atom. The Morgan fingerprint density at radius 3 is 2.25 bits per heavy atom. The number of halogens is 3. The van der Waals surface area contributed by atoms with Crippen LogP contribution < -0.4 is 5.32 Å². The standard InChI is InChI=1S/C19H21F3N2/c20-19(21,22)18(16-9-5-2-6-10-16)23-17-11-12-24(14-17)13-15-7-3-1-4-8-15/h1-10,17-18,23H,11-14H2/t17-,18+/m0/s1. The lowest BCUT2D eigenvalue weighted by Gasteiger charge is -2.26. The maximum absolute atomic E-state index is 13.4. The van der Waals surface area contributed by atoms with E-state index in [-0.39, 0.29) is 11.6 Å². The topological polar surface area (TPSA) is 15.3 Å². The number of likely N-dealkylation sites (tertiary alicyclic amines) is 1. The van der Waals surface area contributed by atoms with Crippen LogP contribution in [0.3, 0.4) is 0 Å². The van der Waals surface area contributed by atoms with Gasteiger partial charge in [0.05, 0.1) is 0 Å². The molecule has 0 amide bonds. The molecule has 0 aliphatic carbocycles. The minimum Gasteiger partial charge on any atom is -0.298 e. The fraction of sp³-hybridized carbons (Fsp3) is 0.368. The van der Waals surface area contributed by atoms with E-state index in [2.05, 4.69) is 10.2 Å². The van der Waals surface area contributed by atoms with Crippen molar-refractivity contribution in [3.05, 3.63) is 71.8 Å². The smallest absolute Gasteiger partial charge is 0.298 e. The van der Waals surface area contributed by atoms with Gasteiger partial charge in [0.2, 0.25) is 0 Å². The molecule has 1 aliphatic rings. The second kappa shape index (κ2) is 7.36. The molecule has 1 aliphatic heterocycles. The summed E-state index contributed by atoms with van der Waals surface area (Å²) in [5.41, 5.74) is 1.46. The van der Waals surface area contributed by atoms with Gasteiger partial charge in [-0.15, -0.1) is 0 Å². The zero-order chi connectivity index (χ0) is 17.0. The van der Waals surface area contributed by atoms with E-state index in [1.165, 1.54) is 17.7 Å². The highest BCUT2D eigenvalue weighted by Gasteiger charge is 2.42. The molecular formula is C19H21F3N2. The van der Waals surface area contributed by atoms with Gasteiger partial charge in [-0.1, -0.05) is 60.7 Å². The number of nitrogens with zero attached hydrogens (tertiary/aromatic N) is 1. The first kappa shape index (κ1) is 17.0. The molecule has 1 N–H and O–H groups in total. The van der Waals surface area contributed by atoms with Gasteiger partial charge >= 0.3 is 6.18 Å². The van der Waals surface area contributed by atoms with Crippen molar-refractivity contribution in [1.82, 2.24) is 10.2 Å². The second-order valence-corrected chi connectivity index (χ2v) is 6.26. The van der Waals surface area contributed by atoms with Crippen molar-refractivity contribution in [3.63, 3.8) is 0 Å². The van der Waals surface area contributed by atoms with Crippen molar-refractivity contribution in [1.29, 1.82) is 0 Å². The van der Waals surface area contributed by atoms with E-state index in [0.717, 1.165) is 19.5 Å². The summed E-state index contributed by atoms with van der Waals surface area (Å²) in [4.78, 5) is 2.20. The SMILES string of the molecule is FC(F)(F)[C@H](N[C@H]1CCN(Cc2ccccc2)C1)c1ccccc1. The lowest BCUT2D eigenvalue weighted by atomic mass is 10.1. The molecule has 0 unspecified atom stereocenters. The van der Waals surface area contributed by atoms with Crippen LogP contribution in [0.2, 0.25) is 0 Å². The van der Waals surface area contributed by atoms with Crippen LogP contribution in [0.25, 0.3) is 0 Å². The fourth-order valence-corrected chi connectivity index (χ4v) is 3.21. The molecule has 1 fully saturated rings. The van der Waals surface area contributed by atoms with E-state index < -0.39 is 12.2 Å². The molecule has 2 atom stereocenters. The van der Waals surface area contributed by atoms with Crippen LogP contribution in [0.15, 0.2) is 60.7 Å². The van der Waals surface area contributed by atoms with E-state index in [1.54, 1.807) is 18.2 Å². The van der Waals surface area contributed by atoms with Gasteiger partial charge in [-0.25, -0.2) is 0 Å². The summed E-state index contributed by atoms with van der Waals surface area (Å²) in [5.74, 6) is 0. The summed E-state index contributed by atoms with van der Waals surface area (Å²) in [6.45, 7) is 2.22. The van der Waals surface area contributed by atoms with Gasteiger partial charge in [-0.3, -0.25) is 10.2 Å². The third kappa shape index (κ3) is 4.36. The van der Waals surface area contributed by atoms with E-state index in [0.29, 0.717) is 6.54 Å². The maximum Gasteiger partial charge on any atom is 0.407 e. The Bertz CT molecular complexity index is 628. The van der Waals surface area contributed by atoms with Gasteiger partial charge in [0, 0.05) is 25.7 Å².